The molecule has 16 heavy (non-hydrogen) atoms. The van der Waals surface area contributed by atoms with Crippen LogP contribution >= 0.6 is 0 Å². The third-order valence-corrected chi connectivity index (χ3v) is 3.37. The maximum atomic E-state index is 10.1. The molecular formula is C14H20OSi. The Hall–Kier alpha value is -0.993. The lowest BCUT2D eigenvalue weighted by Crippen LogP contribution is -2.17. The first-order chi connectivity index (χ1) is 7.47. The van der Waals surface area contributed by atoms with Gasteiger partial charge in [-0.3, -0.25) is 0 Å². The van der Waals surface area contributed by atoms with Crippen LogP contribution < -0.4 is 0 Å². The first-order valence-electron chi connectivity index (χ1n) is 5.91. The Kier molecular flexibility index (Phi) is 4.39. The lowest BCUT2D eigenvalue weighted by atomic mass is 10.0. The van der Waals surface area contributed by atoms with E-state index in [1.165, 1.54) is 12.8 Å². The second-order valence-corrected chi connectivity index (χ2v) is 10.3. The molecule has 0 heterocycles. The average Bonchev–Trinajstić information content (AvgIpc) is 2.95. The molecule has 0 bridgehead atoms. The van der Waals surface area contributed by atoms with Crippen molar-refractivity contribution in [3.8, 4) is 23.3 Å². The van der Waals surface area contributed by atoms with E-state index in [9.17, 15) is 4.79 Å². The van der Waals surface area contributed by atoms with Gasteiger partial charge in [-0.2, -0.15) is 0 Å². The van der Waals surface area contributed by atoms with Crippen LogP contribution in [0.2, 0.25) is 19.6 Å². The van der Waals surface area contributed by atoms with E-state index >= 15 is 0 Å². The maximum absolute atomic E-state index is 10.1. The lowest BCUT2D eigenvalue weighted by Gasteiger charge is -2.06. The fraction of sp³-hybridized carbons (Fsp3) is 0.643. The first-order valence-corrected chi connectivity index (χ1v) is 9.41. The predicted molar refractivity (Wildman–Crippen MR) is 70.5 cm³/mol. The van der Waals surface area contributed by atoms with E-state index in [4.69, 9.17) is 0 Å². The highest BCUT2D eigenvalue weighted by atomic mass is 28.3. The summed E-state index contributed by atoms with van der Waals surface area (Å²) in [6.07, 6.45) is 5.47. The summed E-state index contributed by atoms with van der Waals surface area (Å²) < 4.78 is 0. The topological polar surface area (TPSA) is 17.1 Å². The molecule has 1 saturated carbocycles. The van der Waals surface area contributed by atoms with Crippen molar-refractivity contribution in [1.29, 1.82) is 0 Å². The van der Waals surface area contributed by atoms with Gasteiger partial charge in [-0.25, -0.2) is 0 Å². The summed E-state index contributed by atoms with van der Waals surface area (Å²) in [6, 6.07) is 0. The van der Waals surface area contributed by atoms with E-state index in [2.05, 4.69) is 42.9 Å². The fourth-order valence-electron chi connectivity index (χ4n) is 1.27. The second kappa shape index (κ2) is 5.37. The Labute approximate surface area is 100 Å². The smallest absolute Gasteiger partial charge is 0.129 e. The third-order valence-electron chi connectivity index (χ3n) is 2.50. The quantitative estimate of drug-likeness (QED) is 0.316. The summed E-state index contributed by atoms with van der Waals surface area (Å²) >= 11 is 0. The van der Waals surface area contributed by atoms with Gasteiger partial charge in [-0.05, 0) is 12.8 Å². The van der Waals surface area contributed by atoms with E-state index in [0.29, 0.717) is 12.8 Å². The fourth-order valence-corrected chi connectivity index (χ4v) is 1.91. The summed E-state index contributed by atoms with van der Waals surface area (Å²) in [6.45, 7) is 6.81. The molecule has 0 unspecified atom stereocenters. The standard InChI is InChI=1S/C14H20OSi/c1-16(2,3)13-11-14(9-10-14)8-6-4-5-7-12-15/h12H,5,7-10H2,1-3H3. The number of carbonyl (C=O) groups excluding carboxylic acids is 1. The van der Waals surface area contributed by atoms with Gasteiger partial charge in [0.25, 0.3) is 0 Å². The molecule has 0 radical (unpaired) electrons. The minimum absolute atomic E-state index is 0.217. The largest absolute Gasteiger partial charge is 0.303 e. The molecule has 2 heteroatoms. The van der Waals surface area contributed by atoms with Crippen LogP contribution in [0.1, 0.15) is 32.1 Å². The van der Waals surface area contributed by atoms with Crippen LogP contribution in [0.4, 0.5) is 0 Å². The molecule has 0 N–H and O–H groups in total. The van der Waals surface area contributed by atoms with Gasteiger partial charge in [0, 0.05) is 24.7 Å². The van der Waals surface area contributed by atoms with Crippen molar-refractivity contribution in [3.63, 3.8) is 0 Å². The monoisotopic (exact) mass is 232 g/mol. The van der Waals surface area contributed by atoms with Crippen molar-refractivity contribution < 1.29 is 4.79 Å². The molecule has 1 nitrogen and oxygen atoms in total. The van der Waals surface area contributed by atoms with Crippen molar-refractivity contribution in [1.82, 2.24) is 0 Å². The highest BCUT2D eigenvalue weighted by Crippen LogP contribution is 2.48. The van der Waals surface area contributed by atoms with Crippen molar-refractivity contribution in [2.45, 2.75) is 51.7 Å². The minimum Gasteiger partial charge on any atom is -0.303 e. The first kappa shape index (κ1) is 13.1. The van der Waals surface area contributed by atoms with Crippen molar-refractivity contribution in [2.24, 2.45) is 5.41 Å². The van der Waals surface area contributed by atoms with E-state index in [1.54, 1.807) is 0 Å². The van der Waals surface area contributed by atoms with Gasteiger partial charge in [0.05, 0.1) is 0 Å². The van der Waals surface area contributed by atoms with Gasteiger partial charge >= 0.3 is 0 Å². The number of unbranched alkanes of at least 4 members (excludes halogenated alkanes) is 1. The summed E-state index contributed by atoms with van der Waals surface area (Å²) in [5.41, 5.74) is 3.66. The normalized spacial score (nSPS) is 16.4. The molecule has 1 aliphatic rings. The summed E-state index contributed by atoms with van der Waals surface area (Å²) in [5, 5.41) is 0. The summed E-state index contributed by atoms with van der Waals surface area (Å²) in [7, 11) is -1.24. The summed E-state index contributed by atoms with van der Waals surface area (Å²) in [4.78, 5) is 10.1. The zero-order chi connectivity index (χ0) is 12.1. The Morgan fingerprint density at radius 3 is 2.44 bits per heavy atom. The Morgan fingerprint density at radius 1 is 1.25 bits per heavy atom. The van der Waals surface area contributed by atoms with E-state index in [1.807, 2.05) is 0 Å². The van der Waals surface area contributed by atoms with Gasteiger partial charge in [0.15, 0.2) is 0 Å². The van der Waals surface area contributed by atoms with Crippen LogP contribution in [0.3, 0.4) is 0 Å². The lowest BCUT2D eigenvalue weighted by molar-refractivity contribution is -0.107. The Bertz CT molecular complexity index is 364. The molecular weight excluding hydrogens is 212 g/mol. The van der Waals surface area contributed by atoms with Gasteiger partial charge in [-0.15, -0.1) is 23.3 Å². The Balaban J connectivity index is 2.43. The minimum atomic E-state index is -1.24. The van der Waals surface area contributed by atoms with Crippen LogP contribution in [-0.4, -0.2) is 14.4 Å². The predicted octanol–water partition coefficient (Wildman–Crippen LogP) is 3.02. The van der Waals surface area contributed by atoms with Crippen LogP contribution in [0, 0.1) is 28.7 Å². The van der Waals surface area contributed by atoms with Gasteiger partial charge < -0.3 is 4.79 Å². The molecule has 0 atom stereocenters. The molecule has 86 valence electrons. The van der Waals surface area contributed by atoms with E-state index < -0.39 is 8.07 Å². The SMILES string of the molecule is C[Si](C)(C)C#CC1(CC#CCCC=O)CC1. The molecule has 0 aromatic heterocycles. The molecule has 1 rings (SSSR count). The zero-order valence-electron chi connectivity index (χ0n) is 10.5. The molecule has 0 saturated heterocycles. The Morgan fingerprint density at radius 2 is 1.94 bits per heavy atom. The highest BCUT2D eigenvalue weighted by Gasteiger charge is 2.40. The molecule has 1 aliphatic carbocycles. The zero-order valence-corrected chi connectivity index (χ0v) is 11.5. The van der Waals surface area contributed by atoms with Gasteiger partial charge in [0.1, 0.15) is 14.4 Å². The summed E-state index contributed by atoms with van der Waals surface area (Å²) in [5.74, 6) is 9.65. The number of hydrogen-bond donors (Lipinski definition) is 0. The molecule has 0 aromatic carbocycles. The second-order valence-electron chi connectivity index (χ2n) is 5.52. The van der Waals surface area contributed by atoms with Gasteiger partial charge in [-0.1, -0.05) is 19.6 Å². The van der Waals surface area contributed by atoms with Crippen molar-refractivity contribution in [2.75, 3.05) is 0 Å². The highest BCUT2D eigenvalue weighted by molar-refractivity contribution is 6.83. The molecule has 1 fully saturated rings. The van der Waals surface area contributed by atoms with Crippen LogP contribution in [0.5, 0.6) is 0 Å². The molecule has 0 aromatic rings. The van der Waals surface area contributed by atoms with E-state index in [-0.39, 0.29) is 5.41 Å². The number of rotatable bonds is 3. The number of carbonyl (C=O) groups is 1. The molecule has 0 spiro atoms. The van der Waals surface area contributed by atoms with Crippen molar-refractivity contribution in [3.05, 3.63) is 0 Å². The number of aldehydes is 1. The average molecular weight is 232 g/mol. The van der Waals surface area contributed by atoms with Crippen LogP contribution in [-0.2, 0) is 4.79 Å². The third kappa shape index (κ3) is 5.19. The maximum Gasteiger partial charge on any atom is 0.129 e. The number of hydrogen-bond acceptors (Lipinski definition) is 1. The van der Waals surface area contributed by atoms with Crippen LogP contribution in [0.15, 0.2) is 0 Å². The molecule has 0 amide bonds. The molecule has 0 aliphatic heterocycles. The van der Waals surface area contributed by atoms with Crippen molar-refractivity contribution >= 4 is 14.4 Å². The van der Waals surface area contributed by atoms with E-state index in [0.717, 1.165) is 12.7 Å². The van der Waals surface area contributed by atoms with Crippen LogP contribution in [0.25, 0.3) is 0 Å². The van der Waals surface area contributed by atoms with Gasteiger partial charge in [0.2, 0.25) is 0 Å².